The molecule has 1 saturated carbocycles. The molecule has 0 saturated heterocycles. The van der Waals surface area contributed by atoms with Crippen LogP contribution in [0.15, 0.2) is 48.7 Å². The highest BCUT2D eigenvalue weighted by molar-refractivity contribution is 5.98. The Hall–Kier alpha value is -2.95. The zero-order valence-corrected chi connectivity index (χ0v) is 13.8. The molecule has 1 aliphatic rings. The molecule has 3 aromatic rings. The SMILES string of the molecule is Cc1ccc(N)cc1C(=O)NC1(c2ccc(F)c3ncccc23)CC1. The average Bonchev–Trinajstić information content (AvgIpc) is 3.38. The van der Waals surface area contributed by atoms with E-state index in [0.29, 0.717) is 16.8 Å². The van der Waals surface area contributed by atoms with Crippen molar-refractivity contribution in [3.63, 3.8) is 0 Å². The number of amides is 1. The lowest BCUT2D eigenvalue weighted by atomic mass is 9.98. The highest BCUT2D eigenvalue weighted by atomic mass is 19.1. The zero-order chi connectivity index (χ0) is 17.6. The maximum Gasteiger partial charge on any atom is 0.252 e. The fourth-order valence-corrected chi connectivity index (χ4v) is 3.31. The first kappa shape index (κ1) is 15.6. The van der Waals surface area contributed by atoms with Gasteiger partial charge in [-0.05, 0) is 55.2 Å². The summed E-state index contributed by atoms with van der Waals surface area (Å²) in [6.07, 6.45) is 3.20. The van der Waals surface area contributed by atoms with E-state index in [4.69, 9.17) is 5.73 Å². The van der Waals surface area contributed by atoms with Crippen molar-refractivity contribution < 1.29 is 9.18 Å². The molecule has 0 atom stereocenters. The molecule has 0 radical (unpaired) electrons. The van der Waals surface area contributed by atoms with Crippen molar-refractivity contribution in [3.8, 4) is 0 Å². The number of hydrogen-bond donors (Lipinski definition) is 2. The molecule has 4 rings (SSSR count). The first-order valence-electron chi connectivity index (χ1n) is 8.22. The molecule has 3 N–H and O–H groups in total. The number of aromatic nitrogens is 1. The summed E-state index contributed by atoms with van der Waals surface area (Å²) in [6.45, 7) is 1.88. The van der Waals surface area contributed by atoms with Gasteiger partial charge in [0.1, 0.15) is 11.3 Å². The van der Waals surface area contributed by atoms with Crippen LogP contribution >= 0.6 is 0 Å². The molecule has 0 spiro atoms. The summed E-state index contributed by atoms with van der Waals surface area (Å²) in [6, 6.07) is 12.1. The Balaban J connectivity index is 1.73. The van der Waals surface area contributed by atoms with Crippen LogP contribution in [0, 0.1) is 12.7 Å². The number of nitrogens with one attached hydrogen (secondary N) is 1. The Bertz CT molecular complexity index is 995. The van der Waals surface area contributed by atoms with Crippen molar-refractivity contribution in [1.82, 2.24) is 10.3 Å². The van der Waals surface area contributed by atoms with Gasteiger partial charge in [0.15, 0.2) is 0 Å². The normalized spacial score (nSPS) is 15.1. The van der Waals surface area contributed by atoms with Gasteiger partial charge in [-0.25, -0.2) is 4.39 Å². The number of rotatable bonds is 3. The van der Waals surface area contributed by atoms with E-state index < -0.39 is 5.54 Å². The van der Waals surface area contributed by atoms with Crippen LogP contribution in [0.5, 0.6) is 0 Å². The van der Waals surface area contributed by atoms with Gasteiger partial charge in [-0.2, -0.15) is 0 Å². The van der Waals surface area contributed by atoms with E-state index in [1.54, 1.807) is 30.5 Å². The van der Waals surface area contributed by atoms with E-state index in [1.165, 1.54) is 6.07 Å². The van der Waals surface area contributed by atoms with Crippen molar-refractivity contribution in [1.29, 1.82) is 0 Å². The van der Waals surface area contributed by atoms with Gasteiger partial charge in [0.25, 0.3) is 5.91 Å². The maximum atomic E-state index is 14.0. The zero-order valence-electron chi connectivity index (χ0n) is 13.8. The summed E-state index contributed by atoms with van der Waals surface area (Å²) < 4.78 is 14.0. The largest absolute Gasteiger partial charge is 0.399 e. The lowest BCUT2D eigenvalue weighted by Gasteiger charge is -2.21. The maximum absolute atomic E-state index is 14.0. The number of nitrogen functional groups attached to an aromatic ring is 1. The first-order chi connectivity index (χ1) is 12.0. The fourth-order valence-electron chi connectivity index (χ4n) is 3.31. The summed E-state index contributed by atoms with van der Waals surface area (Å²) in [5, 5.41) is 3.88. The van der Waals surface area contributed by atoms with Crippen molar-refractivity contribution in [2.24, 2.45) is 0 Å². The Labute approximate surface area is 144 Å². The summed E-state index contributed by atoms with van der Waals surface area (Å²) in [5.74, 6) is -0.517. The summed E-state index contributed by atoms with van der Waals surface area (Å²) >= 11 is 0. The molecule has 1 heterocycles. The van der Waals surface area contributed by atoms with Gasteiger partial charge in [0.05, 0.1) is 5.54 Å². The van der Waals surface area contributed by atoms with Crippen LogP contribution in [0.1, 0.15) is 34.3 Å². The number of fused-ring (bicyclic) bond motifs is 1. The van der Waals surface area contributed by atoms with Crippen molar-refractivity contribution in [2.75, 3.05) is 5.73 Å². The molecule has 126 valence electrons. The van der Waals surface area contributed by atoms with Crippen molar-refractivity contribution in [2.45, 2.75) is 25.3 Å². The van der Waals surface area contributed by atoms with Crippen molar-refractivity contribution in [3.05, 3.63) is 71.2 Å². The number of nitrogens with two attached hydrogens (primary N) is 1. The number of hydrogen-bond acceptors (Lipinski definition) is 3. The number of aryl methyl sites for hydroxylation is 1. The minimum atomic E-state index is -0.469. The van der Waals surface area contributed by atoms with Gasteiger partial charge in [-0.15, -0.1) is 0 Å². The van der Waals surface area contributed by atoms with Gasteiger partial charge in [-0.1, -0.05) is 18.2 Å². The quantitative estimate of drug-likeness (QED) is 0.717. The summed E-state index contributed by atoms with van der Waals surface area (Å²) in [5.41, 5.74) is 8.58. The second-order valence-electron chi connectivity index (χ2n) is 6.61. The third kappa shape index (κ3) is 2.61. The van der Waals surface area contributed by atoms with E-state index in [-0.39, 0.29) is 11.7 Å². The monoisotopic (exact) mass is 335 g/mol. The fraction of sp³-hybridized carbons (Fsp3) is 0.200. The number of anilines is 1. The van der Waals surface area contributed by atoms with E-state index in [0.717, 1.165) is 29.4 Å². The van der Waals surface area contributed by atoms with Crippen LogP contribution in [0.3, 0.4) is 0 Å². The standard InChI is InChI=1S/C20H18FN3O/c1-12-4-5-13(22)11-15(12)19(25)24-20(8-9-20)16-6-7-17(21)18-14(16)3-2-10-23-18/h2-7,10-11H,8-9,22H2,1H3,(H,24,25). The highest BCUT2D eigenvalue weighted by Crippen LogP contribution is 2.48. The molecule has 0 bridgehead atoms. The topological polar surface area (TPSA) is 68.0 Å². The second kappa shape index (κ2) is 5.55. The smallest absolute Gasteiger partial charge is 0.252 e. The second-order valence-corrected chi connectivity index (χ2v) is 6.61. The van der Waals surface area contributed by atoms with E-state index in [1.807, 2.05) is 19.1 Å². The number of carbonyl (C=O) groups is 1. The van der Waals surface area contributed by atoms with Gasteiger partial charge in [0, 0.05) is 22.8 Å². The van der Waals surface area contributed by atoms with Gasteiger partial charge < -0.3 is 11.1 Å². The summed E-state index contributed by atoms with van der Waals surface area (Å²) in [7, 11) is 0. The van der Waals surface area contributed by atoms with Crippen LogP contribution in [0.2, 0.25) is 0 Å². The molecule has 0 unspecified atom stereocenters. The van der Waals surface area contributed by atoms with Gasteiger partial charge in [0.2, 0.25) is 0 Å². The minimum Gasteiger partial charge on any atom is -0.399 e. The lowest BCUT2D eigenvalue weighted by Crippen LogP contribution is -2.35. The molecule has 1 aliphatic carbocycles. The van der Waals surface area contributed by atoms with Crippen LogP contribution in [0.25, 0.3) is 10.9 Å². The lowest BCUT2D eigenvalue weighted by molar-refractivity contribution is 0.0930. The molecule has 1 amide bonds. The molecule has 4 nitrogen and oxygen atoms in total. The number of nitrogens with zero attached hydrogens (tertiary/aromatic N) is 1. The number of carbonyl (C=O) groups excluding carboxylic acids is 1. The van der Waals surface area contributed by atoms with Crippen molar-refractivity contribution >= 4 is 22.5 Å². The van der Waals surface area contributed by atoms with E-state index in [2.05, 4.69) is 10.3 Å². The Morgan fingerprint density at radius 3 is 2.80 bits per heavy atom. The molecule has 5 heteroatoms. The van der Waals surface area contributed by atoms with Crippen LogP contribution in [-0.2, 0) is 5.54 Å². The first-order valence-corrected chi connectivity index (χ1v) is 8.22. The van der Waals surface area contributed by atoms with E-state index in [9.17, 15) is 9.18 Å². The third-order valence-electron chi connectivity index (χ3n) is 4.85. The molecular weight excluding hydrogens is 317 g/mol. The summed E-state index contributed by atoms with van der Waals surface area (Å²) in [4.78, 5) is 16.9. The number of pyridine rings is 1. The Morgan fingerprint density at radius 2 is 2.04 bits per heavy atom. The molecule has 1 aromatic heterocycles. The predicted molar refractivity (Wildman–Crippen MR) is 95.7 cm³/mol. The third-order valence-corrected chi connectivity index (χ3v) is 4.85. The molecule has 25 heavy (non-hydrogen) atoms. The van der Waals surface area contributed by atoms with Crippen LogP contribution in [0.4, 0.5) is 10.1 Å². The van der Waals surface area contributed by atoms with Gasteiger partial charge in [-0.3, -0.25) is 9.78 Å². The predicted octanol–water partition coefficient (Wildman–Crippen LogP) is 3.68. The molecule has 2 aromatic carbocycles. The highest BCUT2D eigenvalue weighted by Gasteiger charge is 2.47. The molecule has 0 aliphatic heterocycles. The van der Waals surface area contributed by atoms with Gasteiger partial charge >= 0.3 is 0 Å². The number of benzene rings is 2. The minimum absolute atomic E-state index is 0.163. The molecule has 1 fully saturated rings. The van der Waals surface area contributed by atoms with Crippen LogP contribution in [-0.4, -0.2) is 10.9 Å². The Kier molecular flexibility index (Phi) is 3.46. The van der Waals surface area contributed by atoms with Crippen LogP contribution < -0.4 is 11.1 Å². The molecular formula is C20H18FN3O. The number of halogens is 1. The average molecular weight is 335 g/mol. The Morgan fingerprint density at radius 1 is 1.24 bits per heavy atom. The van der Waals surface area contributed by atoms with E-state index >= 15 is 0 Å².